The molecule has 0 bridgehead atoms. The number of Topliss-reactive ketones (excluding diaryl/α,β-unsaturated/α-hetero) is 1. The average molecular weight is 375 g/mol. The van der Waals surface area contributed by atoms with Crippen molar-refractivity contribution in [1.82, 2.24) is 0 Å². The van der Waals surface area contributed by atoms with Crippen molar-refractivity contribution in [2.45, 2.75) is 52.4 Å². The zero-order chi connectivity index (χ0) is 19.5. The topological polar surface area (TPSA) is 34.1 Å². The fourth-order valence-electron chi connectivity index (χ4n) is 7.28. The van der Waals surface area contributed by atoms with E-state index in [1.807, 2.05) is 6.08 Å². The number of rotatable bonds is 2. The van der Waals surface area contributed by atoms with Gasteiger partial charge in [-0.1, -0.05) is 55.8 Å². The quantitative estimate of drug-likeness (QED) is 0.701. The van der Waals surface area contributed by atoms with Crippen LogP contribution in [0.2, 0.25) is 0 Å². The summed E-state index contributed by atoms with van der Waals surface area (Å²) in [6, 6.07) is 10.7. The third-order valence-electron chi connectivity index (χ3n) is 8.75. The molecule has 0 amide bonds. The Morgan fingerprint density at radius 1 is 1.04 bits per heavy atom. The van der Waals surface area contributed by atoms with Crippen LogP contribution in [0.5, 0.6) is 0 Å². The van der Waals surface area contributed by atoms with Crippen molar-refractivity contribution in [3.63, 3.8) is 0 Å². The molecule has 6 atom stereocenters. The molecule has 1 aromatic rings. The third-order valence-corrected chi connectivity index (χ3v) is 8.75. The van der Waals surface area contributed by atoms with Crippen molar-refractivity contribution in [2.75, 3.05) is 0 Å². The highest BCUT2D eigenvalue weighted by Gasteiger charge is 2.59. The monoisotopic (exact) mass is 374 g/mol. The highest BCUT2D eigenvalue weighted by atomic mass is 16.1. The molecule has 4 aliphatic carbocycles. The van der Waals surface area contributed by atoms with Gasteiger partial charge in [0.25, 0.3) is 0 Å². The zero-order valence-corrected chi connectivity index (χ0v) is 17.0. The van der Waals surface area contributed by atoms with Gasteiger partial charge in [-0.2, -0.15) is 0 Å². The second-order valence-corrected chi connectivity index (χ2v) is 10.0. The summed E-state index contributed by atoms with van der Waals surface area (Å²) in [5.41, 5.74) is 2.54. The summed E-state index contributed by atoms with van der Waals surface area (Å²) in [6.45, 7) is 4.60. The smallest absolute Gasteiger partial charge is 0.178 e. The van der Waals surface area contributed by atoms with Crippen LogP contribution in [0.1, 0.15) is 51.5 Å². The molecule has 0 radical (unpaired) electrons. The molecule has 146 valence electrons. The van der Waals surface area contributed by atoms with Gasteiger partial charge in [-0.25, -0.2) is 0 Å². The lowest BCUT2D eigenvalue weighted by Crippen LogP contribution is -2.52. The maximum Gasteiger partial charge on any atom is 0.178 e. The minimum atomic E-state index is -0.107. The van der Waals surface area contributed by atoms with Crippen LogP contribution in [0.4, 0.5) is 0 Å². The van der Waals surface area contributed by atoms with E-state index in [2.05, 4.69) is 50.3 Å². The summed E-state index contributed by atoms with van der Waals surface area (Å²) in [4.78, 5) is 25.0. The Morgan fingerprint density at radius 2 is 1.82 bits per heavy atom. The average Bonchev–Trinajstić information content (AvgIpc) is 2.99. The van der Waals surface area contributed by atoms with E-state index < -0.39 is 0 Å². The van der Waals surface area contributed by atoms with Gasteiger partial charge < -0.3 is 0 Å². The van der Waals surface area contributed by atoms with E-state index in [-0.39, 0.29) is 16.6 Å². The van der Waals surface area contributed by atoms with Crippen molar-refractivity contribution in [3.8, 4) is 0 Å². The predicted octanol–water partition coefficient (Wildman–Crippen LogP) is 5.33. The minimum absolute atomic E-state index is 0.0385. The Balaban J connectivity index is 1.55. The Hall–Kier alpha value is -1.96. The molecule has 5 rings (SSSR count). The Morgan fingerprint density at radius 3 is 2.61 bits per heavy atom. The van der Waals surface area contributed by atoms with Crippen LogP contribution < -0.4 is 0 Å². The standard InChI is InChI=1S/C26H30O2/c1-25-12-10-19(27)16-23(25)18(14-17-6-4-3-5-7-17)15-20-21-8-9-24(28)26(21,2)13-11-22(20)25/h3-7,10,12,16,18,20-22H,8-9,11,13-15H2,1-2H3/t18-,20-,21-,22-,25+,26-/m0/s1. The number of benzene rings is 1. The molecule has 2 nitrogen and oxygen atoms in total. The zero-order valence-electron chi connectivity index (χ0n) is 17.0. The van der Waals surface area contributed by atoms with Crippen molar-refractivity contribution >= 4 is 11.6 Å². The summed E-state index contributed by atoms with van der Waals surface area (Å²) >= 11 is 0. The maximum absolute atomic E-state index is 12.7. The van der Waals surface area contributed by atoms with Gasteiger partial charge in [0, 0.05) is 17.3 Å². The first-order chi connectivity index (χ1) is 13.4. The molecule has 2 heteroatoms. The molecule has 0 spiro atoms. The summed E-state index contributed by atoms with van der Waals surface area (Å²) in [5, 5.41) is 0. The molecule has 0 N–H and O–H groups in total. The number of fused-ring (bicyclic) bond motifs is 5. The van der Waals surface area contributed by atoms with Crippen LogP contribution in [-0.2, 0) is 16.0 Å². The summed E-state index contributed by atoms with van der Waals surface area (Å²) in [7, 11) is 0. The van der Waals surface area contributed by atoms with Gasteiger partial charge in [0.15, 0.2) is 5.78 Å². The van der Waals surface area contributed by atoms with Gasteiger partial charge in [0.1, 0.15) is 5.78 Å². The molecule has 0 aliphatic heterocycles. The van der Waals surface area contributed by atoms with Crippen LogP contribution in [-0.4, -0.2) is 11.6 Å². The molecule has 28 heavy (non-hydrogen) atoms. The van der Waals surface area contributed by atoms with E-state index >= 15 is 0 Å². The predicted molar refractivity (Wildman–Crippen MR) is 111 cm³/mol. The molecular formula is C26H30O2. The van der Waals surface area contributed by atoms with Crippen LogP contribution in [0.25, 0.3) is 0 Å². The minimum Gasteiger partial charge on any atom is -0.299 e. The molecular weight excluding hydrogens is 344 g/mol. The summed E-state index contributed by atoms with van der Waals surface area (Å²) < 4.78 is 0. The van der Waals surface area contributed by atoms with E-state index in [1.54, 1.807) is 6.08 Å². The first-order valence-electron chi connectivity index (χ1n) is 10.9. The first kappa shape index (κ1) is 18.1. The highest BCUT2D eigenvalue weighted by Crippen LogP contribution is 2.64. The third kappa shape index (κ3) is 2.53. The molecule has 0 unspecified atom stereocenters. The van der Waals surface area contributed by atoms with Crippen LogP contribution >= 0.6 is 0 Å². The number of hydrogen-bond acceptors (Lipinski definition) is 2. The maximum atomic E-state index is 12.7. The second kappa shape index (κ2) is 6.27. The molecule has 4 aliphatic rings. The van der Waals surface area contributed by atoms with Gasteiger partial charge in [-0.15, -0.1) is 0 Å². The van der Waals surface area contributed by atoms with Crippen molar-refractivity contribution in [3.05, 3.63) is 59.7 Å². The van der Waals surface area contributed by atoms with Crippen molar-refractivity contribution in [2.24, 2.45) is 34.5 Å². The lowest BCUT2D eigenvalue weighted by Gasteiger charge is -2.57. The van der Waals surface area contributed by atoms with E-state index in [4.69, 9.17) is 0 Å². The first-order valence-corrected chi connectivity index (χ1v) is 10.9. The van der Waals surface area contributed by atoms with Crippen LogP contribution in [0.15, 0.2) is 54.1 Å². The number of ketones is 2. The van der Waals surface area contributed by atoms with Gasteiger partial charge in [0.2, 0.25) is 0 Å². The van der Waals surface area contributed by atoms with Gasteiger partial charge in [-0.3, -0.25) is 9.59 Å². The molecule has 1 aromatic carbocycles. The number of carbonyl (C=O) groups is 2. The van der Waals surface area contributed by atoms with Crippen molar-refractivity contribution in [1.29, 1.82) is 0 Å². The number of hydrogen-bond donors (Lipinski definition) is 0. The van der Waals surface area contributed by atoms with Gasteiger partial charge in [0.05, 0.1) is 0 Å². The molecule has 3 saturated carbocycles. The normalized spacial score (nSPS) is 41.9. The molecule has 0 saturated heterocycles. The number of carbonyl (C=O) groups excluding carboxylic acids is 2. The van der Waals surface area contributed by atoms with E-state index in [9.17, 15) is 9.59 Å². The van der Waals surface area contributed by atoms with E-state index in [1.165, 1.54) is 11.1 Å². The highest BCUT2D eigenvalue weighted by molar-refractivity contribution is 6.01. The van der Waals surface area contributed by atoms with Gasteiger partial charge >= 0.3 is 0 Å². The molecule has 0 aromatic heterocycles. The summed E-state index contributed by atoms with van der Waals surface area (Å²) in [5.74, 6) is 2.68. The second-order valence-electron chi connectivity index (χ2n) is 10.0. The van der Waals surface area contributed by atoms with Crippen LogP contribution in [0.3, 0.4) is 0 Å². The fraction of sp³-hybridized carbons (Fsp3) is 0.538. The summed E-state index contributed by atoms with van der Waals surface area (Å²) in [6.07, 6.45) is 12.0. The lowest BCUT2D eigenvalue weighted by molar-refractivity contribution is -0.132. The largest absolute Gasteiger partial charge is 0.299 e. The molecule has 0 heterocycles. The van der Waals surface area contributed by atoms with Gasteiger partial charge in [-0.05, 0) is 73.5 Å². The Kier molecular flexibility index (Phi) is 4.05. The van der Waals surface area contributed by atoms with E-state index in [0.717, 1.165) is 38.5 Å². The fourth-order valence-corrected chi connectivity index (χ4v) is 7.28. The van der Waals surface area contributed by atoms with Crippen LogP contribution in [0, 0.1) is 34.5 Å². The Labute approximate surface area is 168 Å². The SMILES string of the molecule is C[C@]12C=CC(=O)C=C1[C@@H](Cc1ccccc1)C[C@@H]1[C@@H]2CC[C@]2(C)C(=O)CC[C@@H]12. The number of allylic oxidation sites excluding steroid dienone is 4. The lowest BCUT2D eigenvalue weighted by atomic mass is 9.46. The van der Waals surface area contributed by atoms with E-state index in [0.29, 0.717) is 29.5 Å². The van der Waals surface area contributed by atoms with Crippen molar-refractivity contribution < 1.29 is 9.59 Å². The molecule has 3 fully saturated rings. The Bertz CT molecular complexity index is 879.